The largest absolute Gasteiger partial charge is 0.357 e. The third-order valence-electron chi connectivity index (χ3n) is 2.95. The van der Waals surface area contributed by atoms with Gasteiger partial charge in [-0.25, -0.2) is 4.99 Å². The van der Waals surface area contributed by atoms with Crippen LogP contribution in [-0.4, -0.2) is 24.0 Å². The van der Waals surface area contributed by atoms with Crippen LogP contribution in [0.1, 0.15) is 43.9 Å². The van der Waals surface area contributed by atoms with Crippen LogP contribution in [-0.2, 0) is 6.54 Å². The monoisotopic (exact) mass is 246 g/mol. The van der Waals surface area contributed by atoms with Crippen LogP contribution >= 0.6 is 0 Å². The summed E-state index contributed by atoms with van der Waals surface area (Å²) in [6.07, 6.45) is 4.48. The lowest BCUT2D eigenvalue weighted by molar-refractivity contribution is 0.838. The van der Waals surface area contributed by atoms with Gasteiger partial charge in [-0.2, -0.15) is 0 Å². The Balaban J connectivity index is 1.98. The highest BCUT2D eigenvalue weighted by Crippen LogP contribution is 2.38. The van der Waals surface area contributed by atoms with Crippen LogP contribution in [0.4, 0.5) is 0 Å². The first-order valence-corrected chi connectivity index (χ1v) is 6.80. The molecule has 1 aromatic heterocycles. The van der Waals surface area contributed by atoms with Crippen molar-refractivity contribution in [1.29, 1.82) is 0 Å². The zero-order valence-electron chi connectivity index (χ0n) is 11.2. The highest BCUT2D eigenvalue weighted by molar-refractivity contribution is 5.79. The zero-order chi connectivity index (χ0) is 12.8. The SMILES string of the molecule is CCNC(=NCc1ccnc(C2CC2)c1)NCC. The molecule has 1 heterocycles. The summed E-state index contributed by atoms with van der Waals surface area (Å²) in [5, 5.41) is 6.45. The molecular formula is C14H22N4. The predicted molar refractivity (Wildman–Crippen MR) is 74.7 cm³/mol. The van der Waals surface area contributed by atoms with E-state index in [2.05, 4.69) is 40.5 Å². The van der Waals surface area contributed by atoms with E-state index in [9.17, 15) is 0 Å². The zero-order valence-corrected chi connectivity index (χ0v) is 11.2. The Hall–Kier alpha value is -1.58. The molecule has 1 aromatic rings. The fourth-order valence-electron chi connectivity index (χ4n) is 1.87. The minimum atomic E-state index is 0.705. The number of nitrogens with one attached hydrogen (secondary N) is 2. The maximum Gasteiger partial charge on any atom is 0.191 e. The van der Waals surface area contributed by atoms with E-state index >= 15 is 0 Å². The third kappa shape index (κ3) is 3.72. The van der Waals surface area contributed by atoms with Gasteiger partial charge in [0.15, 0.2) is 5.96 Å². The molecule has 0 amide bonds. The third-order valence-corrected chi connectivity index (χ3v) is 2.95. The summed E-state index contributed by atoms with van der Waals surface area (Å²) in [4.78, 5) is 8.98. The number of rotatable bonds is 5. The van der Waals surface area contributed by atoms with Gasteiger partial charge >= 0.3 is 0 Å². The van der Waals surface area contributed by atoms with Crippen molar-refractivity contribution in [3.63, 3.8) is 0 Å². The Labute approximate surface area is 109 Å². The summed E-state index contributed by atoms with van der Waals surface area (Å²) >= 11 is 0. The molecule has 0 spiro atoms. The molecule has 1 saturated carbocycles. The molecule has 98 valence electrons. The van der Waals surface area contributed by atoms with Crippen LogP contribution in [0.3, 0.4) is 0 Å². The second-order valence-corrected chi connectivity index (χ2v) is 4.59. The normalized spacial score (nSPS) is 14.1. The van der Waals surface area contributed by atoms with Crippen molar-refractivity contribution in [1.82, 2.24) is 15.6 Å². The molecule has 2 N–H and O–H groups in total. The van der Waals surface area contributed by atoms with Gasteiger partial charge in [0.2, 0.25) is 0 Å². The molecule has 0 saturated heterocycles. The lowest BCUT2D eigenvalue weighted by Crippen LogP contribution is -2.36. The Morgan fingerprint density at radius 1 is 1.33 bits per heavy atom. The van der Waals surface area contributed by atoms with Crippen molar-refractivity contribution in [2.45, 2.75) is 39.2 Å². The summed E-state index contributed by atoms with van der Waals surface area (Å²) in [6, 6.07) is 4.24. The Morgan fingerprint density at radius 3 is 2.67 bits per heavy atom. The first kappa shape index (κ1) is 12.9. The smallest absolute Gasteiger partial charge is 0.191 e. The van der Waals surface area contributed by atoms with Crippen LogP contribution in [0.5, 0.6) is 0 Å². The predicted octanol–water partition coefficient (Wildman–Crippen LogP) is 2.03. The molecule has 4 heteroatoms. The van der Waals surface area contributed by atoms with Gasteiger partial charge in [0.1, 0.15) is 0 Å². The molecule has 18 heavy (non-hydrogen) atoms. The Kier molecular flexibility index (Phi) is 4.56. The summed E-state index contributed by atoms with van der Waals surface area (Å²) in [5.41, 5.74) is 2.47. The molecule has 0 aromatic carbocycles. The van der Waals surface area contributed by atoms with E-state index in [0.29, 0.717) is 12.5 Å². The number of hydrogen-bond acceptors (Lipinski definition) is 2. The molecule has 4 nitrogen and oxygen atoms in total. The quantitative estimate of drug-likeness (QED) is 0.617. The molecule has 0 unspecified atom stereocenters. The average Bonchev–Trinajstić information content (AvgIpc) is 3.21. The fourth-order valence-corrected chi connectivity index (χ4v) is 1.87. The Bertz CT molecular complexity index is 402. The number of hydrogen-bond donors (Lipinski definition) is 2. The summed E-state index contributed by atoms with van der Waals surface area (Å²) < 4.78 is 0. The van der Waals surface area contributed by atoms with E-state index in [-0.39, 0.29) is 0 Å². The van der Waals surface area contributed by atoms with E-state index in [4.69, 9.17) is 0 Å². The van der Waals surface area contributed by atoms with Crippen LogP contribution in [0.15, 0.2) is 23.3 Å². The molecule has 1 aliphatic rings. The maximum absolute atomic E-state index is 4.56. The molecule has 0 atom stereocenters. The molecule has 1 aliphatic carbocycles. The average molecular weight is 246 g/mol. The molecule has 0 bridgehead atoms. The Morgan fingerprint density at radius 2 is 2.06 bits per heavy atom. The van der Waals surface area contributed by atoms with Gasteiger partial charge in [-0.1, -0.05) is 0 Å². The summed E-state index contributed by atoms with van der Waals surface area (Å²) in [6.45, 7) is 6.62. The number of aromatic nitrogens is 1. The van der Waals surface area contributed by atoms with Gasteiger partial charge in [0.25, 0.3) is 0 Å². The minimum Gasteiger partial charge on any atom is -0.357 e. The van der Waals surface area contributed by atoms with Crippen molar-refractivity contribution >= 4 is 5.96 Å². The number of guanidine groups is 1. The van der Waals surface area contributed by atoms with E-state index in [0.717, 1.165) is 19.0 Å². The first-order valence-electron chi connectivity index (χ1n) is 6.80. The van der Waals surface area contributed by atoms with E-state index in [1.807, 2.05) is 12.3 Å². The van der Waals surface area contributed by atoms with Gasteiger partial charge in [-0.05, 0) is 44.4 Å². The standard InChI is InChI=1S/C14H22N4/c1-3-15-14(16-4-2)18-10-11-7-8-17-13(9-11)12-5-6-12/h7-9,12H,3-6,10H2,1-2H3,(H2,15,16,18). The lowest BCUT2D eigenvalue weighted by Gasteiger charge is -2.09. The molecule has 2 rings (SSSR count). The van der Waals surface area contributed by atoms with Crippen LogP contribution in [0.2, 0.25) is 0 Å². The number of nitrogens with zero attached hydrogens (tertiary/aromatic N) is 2. The summed E-state index contributed by atoms with van der Waals surface area (Å²) in [5.74, 6) is 1.58. The van der Waals surface area contributed by atoms with E-state index in [1.54, 1.807) is 0 Å². The lowest BCUT2D eigenvalue weighted by atomic mass is 10.2. The van der Waals surface area contributed by atoms with Gasteiger partial charge in [-0.3, -0.25) is 4.98 Å². The van der Waals surface area contributed by atoms with Crippen molar-refractivity contribution < 1.29 is 0 Å². The second kappa shape index (κ2) is 6.38. The van der Waals surface area contributed by atoms with Gasteiger partial charge in [0.05, 0.1) is 6.54 Å². The van der Waals surface area contributed by atoms with Gasteiger partial charge < -0.3 is 10.6 Å². The highest BCUT2D eigenvalue weighted by atomic mass is 15.2. The van der Waals surface area contributed by atoms with Crippen molar-refractivity contribution in [2.75, 3.05) is 13.1 Å². The number of pyridine rings is 1. The van der Waals surface area contributed by atoms with Crippen LogP contribution < -0.4 is 10.6 Å². The topological polar surface area (TPSA) is 49.3 Å². The number of aliphatic imine (C=N–C) groups is 1. The summed E-state index contributed by atoms with van der Waals surface area (Å²) in [7, 11) is 0. The molecule has 1 fully saturated rings. The van der Waals surface area contributed by atoms with Crippen molar-refractivity contribution in [2.24, 2.45) is 4.99 Å². The minimum absolute atomic E-state index is 0.705. The second-order valence-electron chi connectivity index (χ2n) is 4.59. The van der Waals surface area contributed by atoms with Crippen LogP contribution in [0, 0.1) is 0 Å². The highest BCUT2D eigenvalue weighted by Gasteiger charge is 2.24. The fraction of sp³-hybridized carbons (Fsp3) is 0.571. The molecular weight excluding hydrogens is 224 g/mol. The molecule has 0 radical (unpaired) electrons. The first-order chi connectivity index (χ1) is 8.83. The van der Waals surface area contributed by atoms with Gasteiger partial charge in [0, 0.05) is 30.9 Å². The van der Waals surface area contributed by atoms with E-state index < -0.39 is 0 Å². The van der Waals surface area contributed by atoms with Crippen molar-refractivity contribution in [3.05, 3.63) is 29.6 Å². The van der Waals surface area contributed by atoms with E-state index in [1.165, 1.54) is 24.1 Å². The molecule has 0 aliphatic heterocycles. The van der Waals surface area contributed by atoms with Gasteiger partial charge in [-0.15, -0.1) is 0 Å². The van der Waals surface area contributed by atoms with Crippen LogP contribution in [0.25, 0.3) is 0 Å². The van der Waals surface area contributed by atoms with Crippen molar-refractivity contribution in [3.8, 4) is 0 Å². The maximum atomic E-state index is 4.56.